The zero-order valence-corrected chi connectivity index (χ0v) is 15.7. The van der Waals surface area contributed by atoms with Gasteiger partial charge < -0.3 is 14.6 Å². The molecule has 1 atom stereocenters. The first-order valence-electron chi connectivity index (χ1n) is 7.58. The highest BCUT2D eigenvalue weighted by atomic mass is 32.2. The second kappa shape index (κ2) is 7.90. The molecule has 2 heterocycles. The SMILES string of the molecule is N#C[s+]1cc(-c2ccc(OC(F)(F)F)cc2)nc1NC(=O)c1ccc(C(=O)[O-])s1. The summed E-state index contributed by atoms with van der Waals surface area (Å²) in [5, 5.41) is 26.0. The molecule has 1 unspecified atom stereocenters. The number of carboxylic acid groups (broad SMARTS) is 1. The monoisotopic (exact) mass is 439 g/mol. The molecule has 0 spiro atoms. The number of nitrogens with zero attached hydrogens (tertiary/aromatic N) is 2. The number of amides is 1. The molecule has 3 rings (SSSR count). The smallest absolute Gasteiger partial charge is 0.544 e. The van der Waals surface area contributed by atoms with Gasteiger partial charge >= 0.3 is 16.9 Å². The first kappa shape index (κ1) is 20.3. The predicted octanol–water partition coefficient (Wildman–Crippen LogP) is 3.40. The van der Waals surface area contributed by atoms with Gasteiger partial charge in [0, 0.05) is 5.56 Å². The molecular weight excluding hydrogens is 431 g/mol. The van der Waals surface area contributed by atoms with Crippen molar-refractivity contribution in [2.24, 2.45) is 0 Å². The minimum absolute atomic E-state index is 0.0477. The van der Waals surface area contributed by atoms with Gasteiger partial charge in [-0.2, -0.15) is 4.98 Å². The molecule has 3 aromatic rings. The van der Waals surface area contributed by atoms with E-state index < -0.39 is 34.5 Å². The van der Waals surface area contributed by atoms with Crippen molar-refractivity contribution in [3.8, 4) is 22.4 Å². The highest BCUT2D eigenvalue weighted by Crippen LogP contribution is 2.35. The van der Waals surface area contributed by atoms with Gasteiger partial charge in [0.15, 0.2) is 5.38 Å². The Hall–Kier alpha value is -3.43. The van der Waals surface area contributed by atoms with Crippen LogP contribution in [0.1, 0.15) is 19.3 Å². The fraction of sp³-hybridized carbons (Fsp3) is 0.0588. The molecule has 1 N–H and O–H groups in total. The first-order valence-corrected chi connectivity index (χ1v) is 9.69. The minimum atomic E-state index is -4.81. The van der Waals surface area contributed by atoms with Gasteiger partial charge in [-0.3, -0.25) is 10.1 Å². The highest BCUT2D eigenvalue weighted by Gasteiger charge is 2.31. The third-order valence-electron chi connectivity index (χ3n) is 3.39. The number of rotatable bonds is 5. The fourth-order valence-electron chi connectivity index (χ4n) is 2.19. The first-order chi connectivity index (χ1) is 13.7. The lowest BCUT2D eigenvalue weighted by molar-refractivity contribution is -0.274. The van der Waals surface area contributed by atoms with Crippen molar-refractivity contribution < 1.29 is 32.6 Å². The number of halogens is 3. The summed E-state index contributed by atoms with van der Waals surface area (Å²) >= 11 is 0.713. The van der Waals surface area contributed by atoms with Crippen LogP contribution in [0.15, 0.2) is 41.8 Å². The molecule has 0 aliphatic heterocycles. The van der Waals surface area contributed by atoms with Crippen LogP contribution in [0.2, 0.25) is 0 Å². The molecule has 2 aromatic heterocycles. The number of aromatic carboxylic acids is 1. The van der Waals surface area contributed by atoms with E-state index >= 15 is 0 Å². The Kier molecular flexibility index (Phi) is 5.53. The molecule has 1 aromatic carbocycles. The van der Waals surface area contributed by atoms with Crippen LogP contribution in [0, 0.1) is 10.7 Å². The number of carboxylic acids is 1. The van der Waals surface area contributed by atoms with Crippen molar-refractivity contribution in [2.75, 3.05) is 5.32 Å². The van der Waals surface area contributed by atoms with Crippen LogP contribution in [0.3, 0.4) is 0 Å². The molecule has 29 heavy (non-hydrogen) atoms. The average Bonchev–Trinajstić information content (AvgIpc) is 3.28. The van der Waals surface area contributed by atoms with Gasteiger partial charge in [-0.15, -0.1) is 29.8 Å². The van der Waals surface area contributed by atoms with E-state index in [0.29, 0.717) is 22.6 Å². The Balaban J connectivity index is 1.81. The average molecular weight is 439 g/mol. The second-order valence-corrected chi connectivity index (χ2v) is 7.89. The van der Waals surface area contributed by atoms with Gasteiger partial charge in [0.05, 0.1) is 15.7 Å². The van der Waals surface area contributed by atoms with Crippen LogP contribution in [0.25, 0.3) is 11.3 Å². The van der Waals surface area contributed by atoms with Crippen LogP contribution in [-0.4, -0.2) is 23.2 Å². The number of nitrogens with one attached hydrogen (secondary N) is 1. The summed E-state index contributed by atoms with van der Waals surface area (Å²) in [6.45, 7) is 0. The van der Waals surface area contributed by atoms with E-state index in [9.17, 15) is 33.1 Å². The largest absolute Gasteiger partial charge is 0.573 e. The number of thiophene rings is 1. The number of thiazole rings is 1. The summed E-state index contributed by atoms with van der Waals surface area (Å²) in [5.41, 5.74) is 0.720. The Morgan fingerprint density at radius 3 is 2.38 bits per heavy atom. The normalized spacial score (nSPS) is 11.6. The van der Waals surface area contributed by atoms with Gasteiger partial charge in [0.1, 0.15) is 21.9 Å². The molecule has 0 fully saturated rings. The predicted molar refractivity (Wildman–Crippen MR) is 96.4 cm³/mol. The van der Waals surface area contributed by atoms with Crippen molar-refractivity contribution in [1.29, 1.82) is 5.26 Å². The van der Waals surface area contributed by atoms with Crippen LogP contribution < -0.4 is 15.2 Å². The third-order valence-corrected chi connectivity index (χ3v) is 5.72. The number of hydrogen-bond donors (Lipinski definition) is 1. The van der Waals surface area contributed by atoms with E-state index in [1.165, 1.54) is 29.6 Å². The number of carbonyl (C=O) groups excluding carboxylic acids is 2. The maximum atomic E-state index is 12.3. The molecule has 1 amide bonds. The zero-order valence-electron chi connectivity index (χ0n) is 14.0. The van der Waals surface area contributed by atoms with Crippen LogP contribution in [0.4, 0.5) is 18.3 Å². The zero-order chi connectivity index (χ0) is 21.2. The van der Waals surface area contributed by atoms with Crippen molar-refractivity contribution in [3.63, 3.8) is 0 Å². The number of benzene rings is 1. The molecule has 0 saturated heterocycles. The van der Waals surface area contributed by atoms with Crippen molar-refractivity contribution >= 4 is 38.8 Å². The molecule has 7 nitrogen and oxygen atoms in total. The van der Waals surface area contributed by atoms with E-state index in [4.69, 9.17) is 0 Å². The fourth-order valence-corrected chi connectivity index (χ4v) is 3.99. The summed E-state index contributed by atoms with van der Waals surface area (Å²) in [4.78, 5) is 27.2. The van der Waals surface area contributed by atoms with E-state index in [-0.39, 0.29) is 14.9 Å². The Bertz CT molecular complexity index is 1110. The topological polar surface area (TPSA) is 115 Å². The van der Waals surface area contributed by atoms with E-state index in [1.54, 1.807) is 0 Å². The standard InChI is InChI=1S/C17H8F3N3O4S2/c18-17(19,20)27-10-3-1-9(2-4-10)11-7-29(8-21)16(22-11)23-14(24)12-5-6-13(28-12)15(25)26/h1-7H,(H-,22,23,24,25,26). The number of aromatic nitrogens is 1. The molecule has 0 saturated carbocycles. The number of ether oxygens (including phenoxy) is 1. The Morgan fingerprint density at radius 1 is 1.17 bits per heavy atom. The second-order valence-electron chi connectivity index (χ2n) is 5.33. The van der Waals surface area contributed by atoms with Crippen LogP contribution in [0.5, 0.6) is 5.75 Å². The third kappa shape index (κ3) is 4.89. The van der Waals surface area contributed by atoms with Crippen LogP contribution >= 0.6 is 21.8 Å². The minimum Gasteiger partial charge on any atom is -0.544 e. The summed E-state index contributed by atoms with van der Waals surface area (Å²) in [6.07, 6.45) is -4.81. The number of hydrogen-bond acceptors (Lipinski definition) is 7. The Labute approximate surface area is 167 Å². The Morgan fingerprint density at radius 2 is 1.83 bits per heavy atom. The molecular formula is C17H8F3N3O4S2. The van der Waals surface area contributed by atoms with Gasteiger partial charge in [0.2, 0.25) is 0 Å². The van der Waals surface area contributed by atoms with E-state index in [2.05, 4.69) is 15.0 Å². The maximum absolute atomic E-state index is 12.3. The van der Waals surface area contributed by atoms with Crippen molar-refractivity contribution in [1.82, 2.24) is 4.98 Å². The number of carbonyl (C=O) groups is 2. The quantitative estimate of drug-likeness (QED) is 0.610. The van der Waals surface area contributed by atoms with Crippen molar-refractivity contribution in [2.45, 2.75) is 6.36 Å². The van der Waals surface area contributed by atoms with Crippen LogP contribution in [-0.2, 0) is 0 Å². The van der Waals surface area contributed by atoms with Gasteiger partial charge in [-0.05, 0) is 36.4 Å². The van der Waals surface area contributed by atoms with Gasteiger partial charge in [-0.25, -0.2) is 0 Å². The summed E-state index contributed by atoms with van der Waals surface area (Å²) in [7, 11) is -1.19. The molecule has 148 valence electrons. The van der Waals surface area contributed by atoms with Gasteiger partial charge in [-0.1, -0.05) is 0 Å². The number of nitriles is 1. The lowest BCUT2D eigenvalue weighted by Crippen LogP contribution is -2.20. The summed E-state index contributed by atoms with van der Waals surface area (Å²) in [5.74, 6) is -2.46. The summed E-state index contributed by atoms with van der Waals surface area (Å²) in [6, 6.07) is 7.42. The molecule has 0 bridgehead atoms. The molecule has 12 heteroatoms. The van der Waals surface area contributed by atoms with E-state index in [1.807, 2.05) is 5.40 Å². The molecule has 0 aliphatic rings. The molecule has 0 aliphatic carbocycles. The summed E-state index contributed by atoms with van der Waals surface area (Å²) < 4.78 is 40.5. The van der Waals surface area contributed by atoms with Crippen molar-refractivity contribution in [3.05, 3.63) is 51.5 Å². The number of anilines is 1. The number of alkyl halides is 3. The highest BCUT2D eigenvalue weighted by molar-refractivity contribution is 7.39. The molecule has 0 radical (unpaired) electrons. The lowest BCUT2D eigenvalue weighted by atomic mass is 10.2. The lowest BCUT2D eigenvalue weighted by Gasteiger charge is -2.08. The maximum Gasteiger partial charge on any atom is 0.573 e. The van der Waals surface area contributed by atoms with E-state index in [0.717, 1.165) is 12.1 Å². The van der Waals surface area contributed by atoms with Gasteiger partial charge in [0.25, 0.3) is 5.91 Å².